The van der Waals surface area contributed by atoms with E-state index in [-0.39, 0.29) is 11.9 Å². The van der Waals surface area contributed by atoms with E-state index >= 15 is 0 Å². The summed E-state index contributed by atoms with van der Waals surface area (Å²) in [5.41, 5.74) is 3.66. The molecule has 1 aromatic carbocycles. The Hall–Kier alpha value is -2.43. The molecule has 1 N–H and O–H groups in total. The molecule has 5 heteroatoms. The number of hydrogen-bond donors (Lipinski definition) is 1. The smallest absolute Gasteiger partial charge is 0.270 e. The van der Waals surface area contributed by atoms with Crippen molar-refractivity contribution in [3.63, 3.8) is 0 Å². The number of fused-ring (bicyclic) bond motifs is 1. The maximum Gasteiger partial charge on any atom is 0.270 e. The third kappa shape index (κ3) is 3.33. The predicted octanol–water partition coefficient (Wildman–Crippen LogP) is 3.01. The Balaban J connectivity index is 1.98. The van der Waals surface area contributed by atoms with Gasteiger partial charge in [0.15, 0.2) is 0 Å². The lowest BCUT2D eigenvalue weighted by molar-refractivity contribution is 0.0938. The number of carbonyl (C=O) groups is 1. The first kappa shape index (κ1) is 15.5. The SMILES string of the molecule is Cc1cc(C(=O)NC(C)C)nc(N2CCCc3ccccc32)n1. The summed E-state index contributed by atoms with van der Waals surface area (Å²) in [5, 5.41) is 2.89. The molecule has 0 aliphatic carbocycles. The minimum atomic E-state index is -0.156. The molecule has 23 heavy (non-hydrogen) atoms. The highest BCUT2D eigenvalue weighted by Crippen LogP contribution is 2.31. The molecule has 2 heterocycles. The van der Waals surface area contributed by atoms with Crippen LogP contribution in [0.15, 0.2) is 30.3 Å². The second kappa shape index (κ2) is 6.36. The molecule has 0 bridgehead atoms. The van der Waals surface area contributed by atoms with E-state index in [0.29, 0.717) is 11.6 Å². The van der Waals surface area contributed by atoms with Crippen LogP contribution in [0.25, 0.3) is 0 Å². The molecule has 3 rings (SSSR count). The molecule has 5 nitrogen and oxygen atoms in total. The number of para-hydroxylation sites is 1. The Morgan fingerprint density at radius 1 is 1.26 bits per heavy atom. The summed E-state index contributed by atoms with van der Waals surface area (Å²) in [4.78, 5) is 23.4. The van der Waals surface area contributed by atoms with E-state index in [1.807, 2.05) is 26.8 Å². The Kier molecular flexibility index (Phi) is 4.28. The molecule has 1 aliphatic rings. The summed E-state index contributed by atoms with van der Waals surface area (Å²) >= 11 is 0. The standard InChI is InChI=1S/C18H22N4O/c1-12(2)19-17(23)15-11-13(3)20-18(21-15)22-10-6-8-14-7-4-5-9-16(14)22/h4-5,7,9,11-12H,6,8,10H2,1-3H3,(H,19,23). The molecule has 0 atom stereocenters. The van der Waals surface area contributed by atoms with Crippen molar-refractivity contribution >= 4 is 17.5 Å². The highest BCUT2D eigenvalue weighted by atomic mass is 16.1. The number of benzene rings is 1. The van der Waals surface area contributed by atoms with Crippen LogP contribution in [0.1, 0.15) is 42.0 Å². The summed E-state index contributed by atoms with van der Waals surface area (Å²) in [7, 11) is 0. The van der Waals surface area contributed by atoms with Gasteiger partial charge < -0.3 is 10.2 Å². The number of anilines is 2. The summed E-state index contributed by atoms with van der Waals surface area (Å²) in [6.07, 6.45) is 2.13. The van der Waals surface area contributed by atoms with Gasteiger partial charge in [0.2, 0.25) is 5.95 Å². The van der Waals surface area contributed by atoms with Crippen molar-refractivity contribution in [1.29, 1.82) is 0 Å². The first-order chi connectivity index (χ1) is 11.0. The molecule has 1 amide bonds. The highest BCUT2D eigenvalue weighted by molar-refractivity contribution is 5.92. The lowest BCUT2D eigenvalue weighted by Crippen LogP contribution is -2.32. The summed E-state index contributed by atoms with van der Waals surface area (Å²) in [6.45, 7) is 6.64. The van der Waals surface area contributed by atoms with E-state index in [1.165, 1.54) is 5.56 Å². The molecular weight excluding hydrogens is 288 g/mol. The van der Waals surface area contributed by atoms with Gasteiger partial charge in [-0.2, -0.15) is 0 Å². The zero-order valence-electron chi connectivity index (χ0n) is 13.8. The molecule has 0 fully saturated rings. The van der Waals surface area contributed by atoms with Crippen LogP contribution in [0.4, 0.5) is 11.6 Å². The van der Waals surface area contributed by atoms with E-state index in [4.69, 9.17) is 0 Å². The van der Waals surface area contributed by atoms with Crippen LogP contribution < -0.4 is 10.2 Å². The third-order valence-corrected chi connectivity index (χ3v) is 3.85. The van der Waals surface area contributed by atoms with Crippen molar-refractivity contribution in [2.45, 2.75) is 39.7 Å². The molecule has 0 unspecified atom stereocenters. The van der Waals surface area contributed by atoms with Crippen molar-refractivity contribution in [3.8, 4) is 0 Å². The van der Waals surface area contributed by atoms with E-state index in [0.717, 1.165) is 30.8 Å². The third-order valence-electron chi connectivity index (χ3n) is 3.85. The fourth-order valence-electron chi connectivity index (χ4n) is 2.87. The lowest BCUT2D eigenvalue weighted by Gasteiger charge is -2.29. The van der Waals surface area contributed by atoms with Crippen LogP contribution in [0.3, 0.4) is 0 Å². The number of aromatic nitrogens is 2. The van der Waals surface area contributed by atoms with Crippen LogP contribution in [0.2, 0.25) is 0 Å². The van der Waals surface area contributed by atoms with Crippen LogP contribution in [-0.4, -0.2) is 28.5 Å². The molecule has 0 spiro atoms. The summed E-state index contributed by atoms with van der Waals surface area (Å²) in [6, 6.07) is 10.1. The van der Waals surface area contributed by atoms with E-state index in [2.05, 4.69) is 38.4 Å². The zero-order chi connectivity index (χ0) is 16.4. The van der Waals surface area contributed by atoms with Crippen molar-refractivity contribution < 1.29 is 4.79 Å². The first-order valence-electron chi connectivity index (χ1n) is 8.06. The van der Waals surface area contributed by atoms with Crippen molar-refractivity contribution in [3.05, 3.63) is 47.3 Å². The second-order valence-electron chi connectivity index (χ2n) is 6.21. The van der Waals surface area contributed by atoms with Crippen LogP contribution in [0, 0.1) is 6.92 Å². The maximum atomic E-state index is 12.3. The quantitative estimate of drug-likeness (QED) is 0.947. The van der Waals surface area contributed by atoms with Gasteiger partial charge in [0, 0.05) is 24.0 Å². The zero-order valence-corrected chi connectivity index (χ0v) is 13.8. The largest absolute Gasteiger partial charge is 0.349 e. The Morgan fingerprint density at radius 2 is 2.04 bits per heavy atom. The first-order valence-corrected chi connectivity index (χ1v) is 8.06. The van der Waals surface area contributed by atoms with Gasteiger partial charge in [0.05, 0.1) is 0 Å². The van der Waals surface area contributed by atoms with Crippen molar-refractivity contribution in [2.75, 3.05) is 11.4 Å². The van der Waals surface area contributed by atoms with E-state index in [9.17, 15) is 4.79 Å². The number of amides is 1. The van der Waals surface area contributed by atoms with Crippen LogP contribution >= 0.6 is 0 Å². The Labute approximate surface area is 136 Å². The van der Waals surface area contributed by atoms with Gasteiger partial charge in [-0.1, -0.05) is 18.2 Å². The van der Waals surface area contributed by atoms with Gasteiger partial charge >= 0.3 is 0 Å². The van der Waals surface area contributed by atoms with Gasteiger partial charge in [0.1, 0.15) is 5.69 Å². The normalized spacial score (nSPS) is 13.8. The van der Waals surface area contributed by atoms with Crippen LogP contribution in [-0.2, 0) is 6.42 Å². The van der Waals surface area contributed by atoms with Crippen LogP contribution in [0.5, 0.6) is 0 Å². The predicted molar refractivity (Wildman–Crippen MR) is 91.1 cm³/mol. The number of carbonyl (C=O) groups excluding carboxylic acids is 1. The van der Waals surface area contributed by atoms with Crippen molar-refractivity contribution in [2.24, 2.45) is 0 Å². The average Bonchev–Trinajstić information content (AvgIpc) is 2.53. The number of aryl methyl sites for hydroxylation is 2. The minimum Gasteiger partial charge on any atom is -0.349 e. The monoisotopic (exact) mass is 310 g/mol. The number of nitrogens with one attached hydrogen (secondary N) is 1. The molecule has 2 aromatic rings. The van der Waals surface area contributed by atoms with E-state index in [1.54, 1.807) is 6.07 Å². The summed E-state index contributed by atoms with van der Waals surface area (Å²) in [5.74, 6) is 0.447. The molecule has 120 valence electrons. The van der Waals surface area contributed by atoms with Gasteiger partial charge in [-0.3, -0.25) is 4.79 Å². The van der Waals surface area contributed by atoms with Crippen molar-refractivity contribution in [1.82, 2.24) is 15.3 Å². The summed E-state index contributed by atoms with van der Waals surface area (Å²) < 4.78 is 0. The fourth-order valence-corrected chi connectivity index (χ4v) is 2.87. The number of nitrogens with zero attached hydrogens (tertiary/aromatic N) is 3. The fraction of sp³-hybridized carbons (Fsp3) is 0.389. The lowest BCUT2D eigenvalue weighted by atomic mass is 10.0. The minimum absolute atomic E-state index is 0.0805. The number of hydrogen-bond acceptors (Lipinski definition) is 4. The average molecular weight is 310 g/mol. The van der Waals surface area contributed by atoms with Gasteiger partial charge in [-0.05, 0) is 51.3 Å². The van der Waals surface area contributed by atoms with Gasteiger partial charge in [-0.15, -0.1) is 0 Å². The molecular formula is C18H22N4O. The molecule has 0 saturated heterocycles. The maximum absolute atomic E-state index is 12.3. The topological polar surface area (TPSA) is 58.1 Å². The molecule has 0 saturated carbocycles. The Morgan fingerprint density at radius 3 is 2.83 bits per heavy atom. The highest BCUT2D eigenvalue weighted by Gasteiger charge is 2.21. The van der Waals surface area contributed by atoms with E-state index < -0.39 is 0 Å². The molecule has 1 aliphatic heterocycles. The Bertz CT molecular complexity index is 727. The molecule has 0 radical (unpaired) electrons. The number of rotatable bonds is 3. The second-order valence-corrected chi connectivity index (χ2v) is 6.21. The van der Waals surface area contributed by atoms with Gasteiger partial charge in [0.25, 0.3) is 5.91 Å². The van der Waals surface area contributed by atoms with Gasteiger partial charge in [-0.25, -0.2) is 9.97 Å². The molecule has 1 aromatic heterocycles.